The third kappa shape index (κ3) is 3.53. The van der Waals surface area contributed by atoms with E-state index in [2.05, 4.69) is 4.74 Å². The molecule has 0 bridgehead atoms. The fraction of sp³-hybridized carbons (Fsp3) is 0.385. The molecule has 0 aliphatic carbocycles. The Balaban J connectivity index is 2.89. The molecule has 0 saturated heterocycles. The molecule has 0 aromatic heterocycles. The smallest absolute Gasteiger partial charge is 0.339 e. The van der Waals surface area contributed by atoms with Gasteiger partial charge < -0.3 is 9.47 Å². The lowest BCUT2D eigenvalue weighted by Crippen LogP contribution is -2.37. The quantitative estimate of drug-likeness (QED) is 0.463. The highest BCUT2D eigenvalue weighted by Gasteiger charge is 2.33. The van der Waals surface area contributed by atoms with Crippen LogP contribution >= 0.6 is 0 Å². The molecule has 0 saturated carbocycles. The molecule has 0 radical (unpaired) electrons. The van der Waals surface area contributed by atoms with E-state index in [9.17, 15) is 19.7 Å². The fourth-order valence-electron chi connectivity index (χ4n) is 1.32. The number of ether oxygens (including phenoxy) is 2. The Kier molecular flexibility index (Phi) is 4.79. The van der Waals surface area contributed by atoms with E-state index in [-0.39, 0.29) is 11.1 Å². The molecule has 0 unspecified atom stereocenters. The number of carbonyl (C=O) groups is 2. The van der Waals surface area contributed by atoms with E-state index in [0.29, 0.717) is 0 Å². The highest BCUT2D eigenvalue weighted by molar-refractivity contribution is 6.03. The van der Waals surface area contributed by atoms with Crippen LogP contribution in [0.15, 0.2) is 24.3 Å². The number of carbonyl (C=O) groups excluding carboxylic acids is 2. The summed E-state index contributed by atoms with van der Waals surface area (Å²) < 4.78 is 9.46. The Labute approximate surface area is 115 Å². The summed E-state index contributed by atoms with van der Waals surface area (Å²) in [5.41, 5.74) is -1.33. The average Bonchev–Trinajstić information content (AvgIpc) is 2.43. The summed E-state index contributed by atoms with van der Waals surface area (Å²) in [4.78, 5) is 33.6. The maximum absolute atomic E-state index is 11.9. The van der Waals surface area contributed by atoms with E-state index >= 15 is 0 Å². The first kappa shape index (κ1) is 15.6. The minimum absolute atomic E-state index is 0.0125. The number of rotatable bonds is 5. The molecule has 7 nitrogen and oxygen atoms in total. The maximum Gasteiger partial charge on any atom is 0.339 e. The van der Waals surface area contributed by atoms with Crippen molar-refractivity contribution in [2.45, 2.75) is 19.4 Å². The number of nitrogens with zero attached hydrogens (tertiary/aromatic N) is 1. The largest absolute Gasteiger partial charge is 0.465 e. The van der Waals surface area contributed by atoms with Crippen molar-refractivity contribution in [3.8, 4) is 0 Å². The number of hydrogen-bond donors (Lipinski definition) is 0. The van der Waals surface area contributed by atoms with Gasteiger partial charge in [-0.1, -0.05) is 12.1 Å². The van der Waals surface area contributed by atoms with Crippen LogP contribution in [-0.2, 0) is 9.47 Å². The summed E-state index contributed by atoms with van der Waals surface area (Å²) in [5.74, 6) is -1.48. The minimum atomic E-state index is -1.39. The predicted octanol–water partition coefficient (Wildman–Crippen LogP) is 1.69. The standard InChI is InChI=1S/C13H15NO6/c1-13(2,14(17)18)8-20-12(16)10-7-5-4-6-9(10)11(15)19-3/h4-7H,8H2,1-3H3. The van der Waals surface area contributed by atoms with Gasteiger partial charge in [0.1, 0.15) is 0 Å². The highest BCUT2D eigenvalue weighted by Crippen LogP contribution is 2.14. The van der Waals surface area contributed by atoms with Crippen molar-refractivity contribution in [2.24, 2.45) is 0 Å². The third-order valence-corrected chi connectivity index (χ3v) is 2.60. The molecule has 0 amide bonds. The summed E-state index contributed by atoms with van der Waals surface area (Å²) >= 11 is 0. The van der Waals surface area contributed by atoms with Gasteiger partial charge in [0.2, 0.25) is 5.54 Å². The zero-order valence-corrected chi connectivity index (χ0v) is 11.4. The Hall–Kier alpha value is -2.44. The minimum Gasteiger partial charge on any atom is -0.465 e. The van der Waals surface area contributed by atoms with Crippen molar-refractivity contribution in [1.82, 2.24) is 0 Å². The lowest BCUT2D eigenvalue weighted by Gasteiger charge is -2.15. The molecule has 0 atom stereocenters. The summed E-state index contributed by atoms with van der Waals surface area (Å²) in [5, 5.41) is 10.7. The predicted molar refractivity (Wildman–Crippen MR) is 69.1 cm³/mol. The monoisotopic (exact) mass is 281 g/mol. The molecule has 1 aromatic carbocycles. The van der Waals surface area contributed by atoms with Crippen LogP contribution in [0, 0.1) is 10.1 Å². The molecule has 0 aliphatic rings. The Morgan fingerprint density at radius 2 is 1.70 bits per heavy atom. The molecule has 0 aliphatic heterocycles. The zero-order chi connectivity index (χ0) is 15.3. The molecular formula is C13H15NO6. The average molecular weight is 281 g/mol. The number of hydrogen-bond acceptors (Lipinski definition) is 6. The van der Waals surface area contributed by atoms with Crippen LogP contribution < -0.4 is 0 Å². The van der Waals surface area contributed by atoms with Crippen LogP contribution in [0.2, 0.25) is 0 Å². The number of nitro groups is 1. The van der Waals surface area contributed by atoms with Gasteiger partial charge in [-0.05, 0) is 12.1 Å². The van der Waals surface area contributed by atoms with Crippen LogP contribution in [0.1, 0.15) is 34.6 Å². The normalized spacial score (nSPS) is 10.8. The number of esters is 2. The summed E-state index contributed by atoms with van der Waals surface area (Å²) in [6.07, 6.45) is 0. The third-order valence-electron chi connectivity index (χ3n) is 2.60. The summed E-state index contributed by atoms with van der Waals surface area (Å²) in [7, 11) is 1.19. The van der Waals surface area contributed by atoms with Crippen molar-refractivity contribution < 1.29 is 24.0 Å². The Morgan fingerprint density at radius 3 is 2.15 bits per heavy atom. The SMILES string of the molecule is COC(=O)c1ccccc1C(=O)OCC(C)(C)[N+](=O)[O-]. The van der Waals surface area contributed by atoms with Gasteiger partial charge in [0.15, 0.2) is 6.61 Å². The molecule has 0 N–H and O–H groups in total. The van der Waals surface area contributed by atoms with Crippen LogP contribution in [0.5, 0.6) is 0 Å². The molecule has 108 valence electrons. The van der Waals surface area contributed by atoms with Gasteiger partial charge in [0.05, 0.1) is 18.2 Å². The molecule has 1 rings (SSSR count). The van der Waals surface area contributed by atoms with Crippen molar-refractivity contribution in [3.05, 3.63) is 45.5 Å². The van der Waals surface area contributed by atoms with Crippen LogP contribution in [-0.4, -0.2) is 36.1 Å². The first-order valence-corrected chi connectivity index (χ1v) is 5.78. The molecule has 1 aromatic rings. The number of methoxy groups -OCH3 is 1. The van der Waals surface area contributed by atoms with E-state index < -0.39 is 29.0 Å². The summed E-state index contributed by atoms with van der Waals surface area (Å²) in [6.45, 7) is 2.29. The second-order valence-corrected chi connectivity index (χ2v) is 4.68. The van der Waals surface area contributed by atoms with Gasteiger partial charge in [0.25, 0.3) is 0 Å². The van der Waals surface area contributed by atoms with Crippen LogP contribution in [0.3, 0.4) is 0 Å². The zero-order valence-electron chi connectivity index (χ0n) is 11.4. The fourth-order valence-corrected chi connectivity index (χ4v) is 1.32. The summed E-state index contributed by atoms with van der Waals surface area (Å²) in [6, 6.07) is 5.94. The van der Waals surface area contributed by atoms with Crippen LogP contribution in [0.4, 0.5) is 0 Å². The maximum atomic E-state index is 11.9. The van der Waals surface area contributed by atoms with Crippen molar-refractivity contribution in [1.29, 1.82) is 0 Å². The first-order chi connectivity index (χ1) is 9.29. The molecule has 20 heavy (non-hydrogen) atoms. The number of benzene rings is 1. The van der Waals surface area contributed by atoms with Crippen molar-refractivity contribution in [3.63, 3.8) is 0 Å². The second-order valence-electron chi connectivity index (χ2n) is 4.68. The van der Waals surface area contributed by atoms with E-state index in [4.69, 9.17) is 4.74 Å². The van der Waals surface area contributed by atoms with Gasteiger partial charge in [-0.15, -0.1) is 0 Å². The van der Waals surface area contributed by atoms with E-state index in [1.165, 1.54) is 33.1 Å². The molecular weight excluding hydrogens is 266 g/mol. The van der Waals surface area contributed by atoms with Gasteiger partial charge in [-0.2, -0.15) is 0 Å². The topological polar surface area (TPSA) is 95.7 Å². The van der Waals surface area contributed by atoms with Gasteiger partial charge >= 0.3 is 11.9 Å². The lowest BCUT2D eigenvalue weighted by molar-refractivity contribution is -0.563. The second kappa shape index (κ2) is 6.14. The lowest BCUT2D eigenvalue weighted by atomic mass is 10.1. The highest BCUT2D eigenvalue weighted by atomic mass is 16.6. The van der Waals surface area contributed by atoms with E-state index in [0.717, 1.165) is 0 Å². The molecule has 0 heterocycles. The van der Waals surface area contributed by atoms with Crippen molar-refractivity contribution in [2.75, 3.05) is 13.7 Å². The van der Waals surface area contributed by atoms with Gasteiger partial charge in [-0.25, -0.2) is 9.59 Å². The van der Waals surface area contributed by atoms with E-state index in [1.807, 2.05) is 0 Å². The van der Waals surface area contributed by atoms with Crippen molar-refractivity contribution >= 4 is 11.9 Å². The Bertz CT molecular complexity index is 537. The molecule has 7 heteroatoms. The van der Waals surface area contributed by atoms with E-state index in [1.54, 1.807) is 12.1 Å². The molecule has 0 fully saturated rings. The van der Waals surface area contributed by atoms with Crippen LogP contribution in [0.25, 0.3) is 0 Å². The van der Waals surface area contributed by atoms with Gasteiger partial charge in [-0.3, -0.25) is 10.1 Å². The Morgan fingerprint density at radius 1 is 1.20 bits per heavy atom. The van der Waals surface area contributed by atoms with Gasteiger partial charge in [0, 0.05) is 18.8 Å². The molecule has 0 spiro atoms. The first-order valence-electron chi connectivity index (χ1n) is 5.78.